The van der Waals surface area contributed by atoms with Gasteiger partial charge in [0.05, 0.1) is 28.4 Å². The van der Waals surface area contributed by atoms with Crippen LogP contribution < -0.4 is 5.32 Å². The van der Waals surface area contributed by atoms with Crippen molar-refractivity contribution in [2.75, 3.05) is 27.2 Å². The summed E-state index contributed by atoms with van der Waals surface area (Å²) in [5, 5.41) is 12.3. The van der Waals surface area contributed by atoms with Crippen LogP contribution in [0.4, 0.5) is 4.39 Å². The second-order valence-electron chi connectivity index (χ2n) is 12.6. The van der Waals surface area contributed by atoms with Gasteiger partial charge in [-0.2, -0.15) is 5.10 Å². The van der Waals surface area contributed by atoms with Crippen molar-refractivity contribution >= 4 is 21.9 Å². The Kier molecular flexibility index (Phi) is 8.37. The molecule has 230 valence electrons. The summed E-state index contributed by atoms with van der Waals surface area (Å²) in [7, 11) is 4.11. The first-order chi connectivity index (χ1) is 22.0. The first-order valence-corrected chi connectivity index (χ1v) is 15.9. The van der Waals surface area contributed by atoms with Crippen molar-refractivity contribution in [3.63, 3.8) is 0 Å². The molecule has 45 heavy (non-hydrogen) atoms. The summed E-state index contributed by atoms with van der Waals surface area (Å²) in [5.74, 6) is 1.21. The van der Waals surface area contributed by atoms with E-state index in [1.165, 1.54) is 25.7 Å². The predicted octanol–water partition coefficient (Wildman–Crippen LogP) is 7.14. The second-order valence-corrected chi connectivity index (χ2v) is 12.6. The molecule has 1 aliphatic rings. The molecule has 0 unspecified atom stereocenters. The van der Waals surface area contributed by atoms with Gasteiger partial charge < -0.3 is 15.2 Å². The van der Waals surface area contributed by atoms with Crippen LogP contribution in [0, 0.1) is 11.7 Å². The molecule has 6 aromatic rings. The summed E-state index contributed by atoms with van der Waals surface area (Å²) in [6.45, 7) is 2.81. The van der Waals surface area contributed by atoms with Crippen LogP contribution in [-0.2, 0) is 13.0 Å². The lowest BCUT2D eigenvalue weighted by Crippen LogP contribution is -2.20. The molecule has 0 atom stereocenters. The number of para-hydroxylation sites is 1. The Balaban J connectivity index is 1.17. The highest BCUT2D eigenvalue weighted by molar-refractivity contribution is 5.97. The third kappa shape index (κ3) is 6.50. The van der Waals surface area contributed by atoms with Gasteiger partial charge in [0.1, 0.15) is 11.5 Å². The minimum atomic E-state index is -0.235. The number of rotatable bonds is 11. The Labute approximate surface area is 262 Å². The third-order valence-electron chi connectivity index (χ3n) is 8.85. The third-order valence-corrected chi connectivity index (χ3v) is 8.85. The van der Waals surface area contributed by atoms with Crippen molar-refractivity contribution in [3.05, 3.63) is 84.1 Å². The molecule has 3 N–H and O–H groups in total. The molecule has 1 aliphatic carbocycles. The fourth-order valence-corrected chi connectivity index (χ4v) is 6.54. The molecule has 4 aromatic heterocycles. The van der Waals surface area contributed by atoms with E-state index in [4.69, 9.17) is 9.97 Å². The van der Waals surface area contributed by atoms with Gasteiger partial charge in [0.25, 0.3) is 0 Å². The highest BCUT2D eigenvalue weighted by Gasteiger charge is 2.18. The molecule has 0 aliphatic heterocycles. The molecule has 1 saturated carbocycles. The number of halogens is 1. The number of aromatic nitrogens is 6. The zero-order chi connectivity index (χ0) is 30.8. The van der Waals surface area contributed by atoms with Crippen LogP contribution in [0.3, 0.4) is 0 Å². The van der Waals surface area contributed by atoms with E-state index in [1.807, 2.05) is 42.9 Å². The van der Waals surface area contributed by atoms with Crippen LogP contribution in [0.5, 0.6) is 0 Å². The van der Waals surface area contributed by atoms with Crippen LogP contribution >= 0.6 is 0 Å². The van der Waals surface area contributed by atoms with Gasteiger partial charge in [-0.1, -0.05) is 31.0 Å². The van der Waals surface area contributed by atoms with E-state index in [1.54, 1.807) is 12.1 Å². The number of benzene rings is 2. The van der Waals surface area contributed by atoms with Crippen molar-refractivity contribution in [2.45, 2.75) is 45.1 Å². The molecule has 7 rings (SSSR count). The van der Waals surface area contributed by atoms with Gasteiger partial charge >= 0.3 is 0 Å². The first-order valence-electron chi connectivity index (χ1n) is 15.9. The highest BCUT2D eigenvalue weighted by atomic mass is 19.1. The molecule has 2 aromatic carbocycles. The lowest BCUT2D eigenvalue weighted by Gasteiger charge is -2.11. The Bertz CT molecular complexity index is 1930. The minimum Gasteiger partial charge on any atom is -0.337 e. The number of fused-ring (bicyclic) bond motifs is 2. The van der Waals surface area contributed by atoms with E-state index in [0.717, 1.165) is 93.8 Å². The van der Waals surface area contributed by atoms with Gasteiger partial charge in [-0.25, -0.2) is 9.37 Å². The summed E-state index contributed by atoms with van der Waals surface area (Å²) >= 11 is 0. The average Bonchev–Trinajstić information content (AvgIpc) is 3.80. The highest BCUT2D eigenvalue weighted by Crippen LogP contribution is 2.33. The normalized spacial score (nSPS) is 14.0. The van der Waals surface area contributed by atoms with Gasteiger partial charge in [-0.15, -0.1) is 0 Å². The number of nitrogens with one attached hydrogen (secondary N) is 3. The molecule has 1 fully saturated rings. The van der Waals surface area contributed by atoms with Crippen LogP contribution in [-0.4, -0.2) is 62.2 Å². The van der Waals surface area contributed by atoms with Gasteiger partial charge in [0, 0.05) is 35.5 Å². The fourth-order valence-electron chi connectivity index (χ4n) is 6.54. The standard InChI is InChI=1S/C36H39FN8/c1-45(2)12-6-9-24-13-26(16-28(37)15-24)29-10-5-11-31-34(29)42-36(41-31)35-30-17-32(40-22-33(30)43-44-35)27-14-25(20-39-21-27)19-38-18-23-7-3-4-8-23/h5,10-11,13-17,20-23,38H,3-4,6-9,12,18-19H2,1-2H3,(H,41,42)(H,43,44). The Morgan fingerprint density at radius 3 is 2.69 bits per heavy atom. The van der Waals surface area contributed by atoms with Crippen molar-refractivity contribution < 1.29 is 4.39 Å². The van der Waals surface area contributed by atoms with Crippen LogP contribution in [0.2, 0.25) is 0 Å². The molecule has 4 heterocycles. The summed E-state index contributed by atoms with van der Waals surface area (Å²) in [6, 6.07) is 15.5. The molecule has 0 amide bonds. The molecule has 9 heteroatoms. The lowest BCUT2D eigenvalue weighted by molar-refractivity contribution is 0.400. The lowest BCUT2D eigenvalue weighted by atomic mass is 9.99. The van der Waals surface area contributed by atoms with Crippen molar-refractivity contribution in [1.29, 1.82) is 0 Å². The molecule has 8 nitrogen and oxygen atoms in total. The molecule has 0 saturated heterocycles. The van der Waals surface area contributed by atoms with Crippen LogP contribution in [0.25, 0.3) is 55.8 Å². The summed E-state index contributed by atoms with van der Waals surface area (Å²) in [4.78, 5) is 19.8. The Morgan fingerprint density at radius 2 is 1.82 bits per heavy atom. The molecule has 0 bridgehead atoms. The zero-order valence-electron chi connectivity index (χ0n) is 25.9. The number of H-pyrrole nitrogens is 2. The van der Waals surface area contributed by atoms with Gasteiger partial charge in [0.2, 0.25) is 0 Å². The fraction of sp³-hybridized carbons (Fsp3) is 0.333. The number of hydrogen-bond donors (Lipinski definition) is 3. The largest absolute Gasteiger partial charge is 0.337 e. The van der Waals surface area contributed by atoms with E-state index >= 15 is 0 Å². The topological polar surface area (TPSA) is 98.4 Å². The number of hydrogen-bond acceptors (Lipinski definition) is 6. The Hall–Kier alpha value is -4.47. The van der Waals surface area contributed by atoms with Crippen molar-refractivity contribution in [1.82, 2.24) is 40.3 Å². The smallest absolute Gasteiger partial charge is 0.159 e. The summed E-state index contributed by atoms with van der Waals surface area (Å²) < 4.78 is 14.8. The maximum Gasteiger partial charge on any atom is 0.159 e. The predicted molar refractivity (Wildman–Crippen MR) is 178 cm³/mol. The summed E-state index contributed by atoms with van der Waals surface area (Å²) in [5.41, 5.74) is 8.81. The van der Waals surface area contributed by atoms with Crippen molar-refractivity contribution in [3.8, 4) is 33.9 Å². The number of nitrogens with zero attached hydrogens (tertiary/aromatic N) is 5. The van der Waals surface area contributed by atoms with E-state index in [2.05, 4.69) is 56.6 Å². The molecular formula is C36H39FN8. The van der Waals surface area contributed by atoms with Crippen LogP contribution in [0.15, 0.2) is 67.1 Å². The maximum absolute atomic E-state index is 14.8. The SMILES string of the molecule is CN(C)CCCc1cc(F)cc(-c2cccc3[nH]c(-c4n[nH]c5cnc(-c6cncc(CNCC7CCCC7)c6)cc45)nc23)c1. The number of aryl methyl sites for hydroxylation is 1. The van der Waals surface area contributed by atoms with E-state index in [0.29, 0.717) is 11.5 Å². The van der Waals surface area contributed by atoms with E-state index in [9.17, 15) is 4.39 Å². The van der Waals surface area contributed by atoms with Gasteiger partial charge in [-0.3, -0.25) is 15.1 Å². The molecule has 0 spiro atoms. The quantitative estimate of drug-likeness (QED) is 0.146. The summed E-state index contributed by atoms with van der Waals surface area (Å²) in [6.07, 6.45) is 12.7. The molecular weight excluding hydrogens is 563 g/mol. The van der Waals surface area contributed by atoms with Gasteiger partial charge in [0.15, 0.2) is 5.82 Å². The number of imidazole rings is 1. The van der Waals surface area contributed by atoms with Gasteiger partial charge in [-0.05, 0) is 106 Å². The van der Waals surface area contributed by atoms with E-state index < -0.39 is 0 Å². The number of pyridine rings is 2. The average molecular weight is 603 g/mol. The number of aromatic amines is 2. The second kappa shape index (κ2) is 12.9. The minimum absolute atomic E-state index is 0.235. The van der Waals surface area contributed by atoms with Crippen LogP contribution in [0.1, 0.15) is 43.2 Å². The van der Waals surface area contributed by atoms with E-state index in [-0.39, 0.29) is 5.82 Å². The maximum atomic E-state index is 14.8. The Morgan fingerprint density at radius 1 is 0.956 bits per heavy atom. The van der Waals surface area contributed by atoms with Crippen molar-refractivity contribution in [2.24, 2.45) is 5.92 Å². The zero-order valence-corrected chi connectivity index (χ0v) is 25.9. The molecule has 0 radical (unpaired) electrons. The first kappa shape index (κ1) is 29.3. The monoisotopic (exact) mass is 602 g/mol.